The van der Waals surface area contributed by atoms with E-state index in [1.165, 1.54) is 21.8 Å². The van der Waals surface area contributed by atoms with E-state index >= 15 is 0 Å². The second kappa shape index (κ2) is 11.2. The molecule has 0 bridgehead atoms. The van der Waals surface area contributed by atoms with Crippen LogP contribution in [0.5, 0.6) is 0 Å². The summed E-state index contributed by atoms with van der Waals surface area (Å²) >= 11 is 1.54. The minimum Gasteiger partial charge on any atom is -0.371 e. The van der Waals surface area contributed by atoms with Gasteiger partial charge in [0.1, 0.15) is 0 Å². The number of piperidine rings is 1. The summed E-state index contributed by atoms with van der Waals surface area (Å²) in [6.45, 7) is 3.74. The van der Waals surface area contributed by atoms with Crippen LogP contribution in [0.15, 0.2) is 66.0 Å². The number of rotatable bonds is 7. The summed E-state index contributed by atoms with van der Waals surface area (Å²) in [5.41, 5.74) is 9.80. The smallest absolute Gasteiger partial charge is 0.264 e. The predicted molar refractivity (Wildman–Crippen MR) is 156 cm³/mol. The molecular weight excluding hydrogens is 522 g/mol. The number of carbonyl (C=O) groups excluding carboxylic acids is 3. The van der Waals surface area contributed by atoms with Crippen molar-refractivity contribution in [1.82, 2.24) is 20.7 Å². The number of benzene rings is 2. The molecular formula is C31H35N5O3S. The molecule has 3 atom stereocenters. The predicted octanol–water partition coefficient (Wildman–Crippen LogP) is 4.22. The molecule has 9 heteroatoms. The Morgan fingerprint density at radius 3 is 2.50 bits per heavy atom. The fraction of sp³-hybridized carbons (Fsp3) is 0.387. The summed E-state index contributed by atoms with van der Waals surface area (Å²) in [4.78, 5) is 46.4. The first-order chi connectivity index (χ1) is 19.4. The first-order valence-electron chi connectivity index (χ1n) is 14.0. The summed E-state index contributed by atoms with van der Waals surface area (Å²) < 4.78 is 0. The van der Waals surface area contributed by atoms with Crippen molar-refractivity contribution in [3.05, 3.63) is 87.6 Å². The van der Waals surface area contributed by atoms with Crippen LogP contribution in [0.25, 0.3) is 0 Å². The van der Waals surface area contributed by atoms with Crippen LogP contribution in [0.1, 0.15) is 63.4 Å². The second-order valence-electron chi connectivity index (χ2n) is 11.0. The molecule has 2 aromatic carbocycles. The first kappa shape index (κ1) is 26.7. The molecule has 0 saturated carbocycles. The zero-order valence-corrected chi connectivity index (χ0v) is 23.7. The molecule has 0 spiro atoms. The van der Waals surface area contributed by atoms with E-state index in [1.54, 1.807) is 6.07 Å². The van der Waals surface area contributed by atoms with Gasteiger partial charge in [0.25, 0.3) is 11.8 Å². The van der Waals surface area contributed by atoms with Gasteiger partial charge in [0.05, 0.1) is 23.4 Å². The SMILES string of the molecule is CC(C1CC(c2ccccc2)NN1)N(C)C(=O)C1CCN(c2cccc3c2C(=O)N(Cc2cccs2)C3=O)CC1. The van der Waals surface area contributed by atoms with Gasteiger partial charge in [-0.25, -0.2) is 5.43 Å². The molecule has 0 aliphatic carbocycles. The molecule has 208 valence electrons. The van der Waals surface area contributed by atoms with E-state index in [9.17, 15) is 14.4 Å². The Labute approximate surface area is 238 Å². The van der Waals surface area contributed by atoms with Crippen molar-refractivity contribution in [1.29, 1.82) is 0 Å². The monoisotopic (exact) mass is 557 g/mol. The Balaban J connectivity index is 1.08. The molecule has 4 heterocycles. The van der Waals surface area contributed by atoms with Crippen molar-refractivity contribution in [3.63, 3.8) is 0 Å². The normalized spacial score (nSPS) is 22.1. The number of imide groups is 1. The quantitative estimate of drug-likeness (QED) is 0.424. The molecule has 8 nitrogen and oxygen atoms in total. The maximum Gasteiger partial charge on any atom is 0.264 e. The number of likely N-dealkylation sites (N-methyl/N-ethyl adjacent to an activating group) is 1. The maximum absolute atomic E-state index is 13.5. The number of thiophene rings is 1. The molecule has 0 radical (unpaired) electrons. The van der Waals surface area contributed by atoms with Crippen LogP contribution in [0.3, 0.4) is 0 Å². The van der Waals surface area contributed by atoms with Crippen LogP contribution < -0.4 is 15.8 Å². The Bertz CT molecular complexity index is 1390. The highest BCUT2D eigenvalue weighted by Gasteiger charge is 2.40. The summed E-state index contributed by atoms with van der Waals surface area (Å²) in [5, 5.41) is 1.95. The number of hydrogen-bond acceptors (Lipinski definition) is 7. The van der Waals surface area contributed by atoms with Crippen molar-refractivity contribution >= 4 is 34.7 Å². The Morgan fingerprint density at radius 2 is 1.77 bits per heavy atom. The number of nitrogens with zero attached hydrogens (tertiary/aromatic N) is 3. The zero-order chi connectivity index (χ0) is 27.8. The molecule has 3 unspecified atom stereocenters. The molecule has 2 saturated heterocycles. The topological polar surface area (TPSA) is 85.0 Å². The van der Waals surface area contributed by atoms with Crippen LogP contribution in [-0.2, 0) is 11.3 Å². The maximum atomic E-state index is 13.5. The minimum absolute atomic E-state index is 0.0436. The Hall–Kier alpha value is -3.53. The molecule has 1 aromatic heterocycles. The van der Waals surface area contributed by atoms with Crippen LogP contribution in [-0.4, -0.2) is 59.7 Å². The van der Waals surface area contributed by atoms with Crippen LogP contribution in [0, 0.1) is 5.92 Å². The molecule has 3 aliphatic heterocycles. The lowest BCUT2D eigenvalue weighted by molar-refractivity contribution is -0.137. The van der Waals surface area contributed by atoms with Gasteiger partial charge in [0, 0.05) is 49.1 Å². The van der Waals surface area contributed by atoms with E-state index in [0.717, 1.165) is 17.0 Å². The minimum atomic E-state index is -0.236. The van der Waals surface area contributed by atoms with Gasteiger partial charge in [-0.05, 0) is 55.3 Å². The van der Waals surface area contributed by atoms with E-state index in [1.807, 2.05) is 47.7 Å². The average molecular weight is 558 g/mol. The Kier molecular flexibility index (Phi) is 7.44. The third-order valence-corrected chi connectivity index (χ3v) is 9.59. The molecule has 3 aliphatic rings. The number of amides is 3. The van der Waals surface area contributed by atoms with Crippen molar-refractivity contribution in [2.24, 2.45) is 5.92 Å². The fourth-order valence-electron chi connectivity index (χ4n) is 6.21. The third kappa shape index (κ3) is 4.93. The molecule has 2 fully saturated rings. The summed E-state index contributed by atoms with van der Waals surface area (Å²) in [7, 11) is 1.91. The van der Waals surface area contributed by atoms with E-state index in [0.29, 0.717) is 43.6 Å². The standard InChI is InChI=1S/C31H35N5O3S/c1-20(25-18-26(33-32-25)21-8-4-3-5-9-21)34(2)29(37)22-13-15-35(16-14-22)27-12-6-11-24-28(27)31(39)36(30(24)38)19-23-10-7-17-40-23/h3-12,17,20,22,25-26,32-33H,13-16,18-19H2,1-2H3. The second-order valence-corrected chi connectivity index (χ2v) is 12.1. The number of fused-ring (bicyclic) bond motifs is 1. The summed E-state index contributed by atoms with van der Waals surface area (Å²) in [6.07, 6.45) is 2.34. The average Bonchev–Trinajstić information content (AvgIpc) is 3.75. The number of hydrogen-bond donors (Lipinski definition) is 2. The van der Waals surface area contributed by atoms with Gasteiger partial charge >= 0.3 is 0 Å². The van der Waals surface area contributed by atoms with Gasteiger partial charge in [-0.15, -0.1) is 11.3 Å². The fourth-order valence-corrected chi connectivity index (χ4v) is 6.90. The lowest BCUT2D eigenvalue weighted by Gasteiger charge is -2.37. The largest absolute Gasteiger partial charge is 0.371 e. The van der Waals surface area contributed by atoms with E-state index in [2.05, 4.69) is 46.9 Å². The molecule has 3 aromatic rings. The first-order valence-corrected chi connectivity index (χ1v) is 14.9. The lowest BCUT2D eigenvalue weighted by atomic mass is 9.92. The summed E-state index contributed by atoms with van der Waals surface area (Å²) in [5.74, 6) is -0.362. The highest BCUT2D eigenvalue weighted by molar-refractivity contribution is 7.09. The van der Waals surface area contributed by atoms with E-state index in [4.69, 9.17) is 0 Å². The molecule has 40 heavy (non-hydrogen) atoms. The van der Waals surface area contributed by atoms with E-state index < -0.39 is 0 Å². The van der Waals surface area contributed by atoms with Gasteiger partial charge in [0.15, 0.2) is 0 Å². The van der Waals surface area contributed by atoms with Crippen molar-refractivity contribution in [2.45, 2.75) is 50.9 Å². The van der Waals surface area contributed by atoms with Crippen LogP contribution >= 0.6 is 11.3 Å². The highest BCUT2D eigenvalue weighted by Crippen LogP contribution is 2.35. The van der Waals surface area contributed by atoms with Gasteiger partial charge in [-0.3, -0.25) is 24.7 Å². The zero-order valence-electron chi connectivity index (χ0n) is 22.9. The van der Waals surface area contributed by atoms with Crippen LogP contribution in [0.2, 0.25) is 0 Å². The number of anilines is 1. The highest BCUT2D eigenvalue weighted by atomic mass is 32.1. The lowest BCUT2D eigenvalue weighted by Crippen LogP contribution is -2.51. The molecule has 3 amide bonds. The van der Waals surface area contributed by atoms with Gasteiger partial charge in [-0.2, -0.15) is 0 Å². The van der Waals surface area contributed by atoms with Gasteiger partial charge in [0.2, 0.25) is 5.91 Å². The Morgan fingerprint density at radius 1 is 1.00 bits per heavy atom. The van der Waals surface area contributed by atoms with Gasteiger partial charge in [-0.1, -0.05) is 42.5 Å². The molecule has 2 N–H and O–H groups in total. The van der Waals surface area contributed by atoms with E-state index in [-0.39, 0.29) is 41.8 Å². The molecule has 6 rings (SSSR count). The third-order valence-electron chi connectivity index (χ3n) is 8.73. The summed E-state index contributed by atoms with van der Waals surface area (Å²) in [6, 6.07) is 20.2. The number of hydrazine groups is 1. The number of carbonyl (C=O) groups is 3. The van der Waals surface area contributed by atoms with Crippen LogP contribution in [0.4, 0.5) is 5.69 Å². The number of nitrogens with one attached hydrogen (secondary N) is 2. The van der Waals surface area contributed by atoms with Crippen molar-refractivity contribution in [3.8, 4) is 0 Å². The van der Waals surface area contributed by atoms with Gasteiger partial charge < -0.3 is 9.80 Å². The van der Waals surface area contributed by atoms with Crippen molar-refractivity contribution in [2.75, 3.05) is 25.0 Å². The van der Waals surface area contributed by atoms with Crippen molar-refractivity contribution < 1.29 is 14.4 Å².